The summed E-state index contributed by atoms with van der Waals surface area (Å²) >= 11 is 0. The van der Waals surface area contributed by atoms with Crippen molar-refractivity contribution in [3.63, 3.8) is 0 Å². The Hall–Kier alpha value is -1.26. The summed E-state index contributed by atoms with van der Waals surface area (Å²) in [4.78, 5) is 24.3. The molecule has 18 heavy (non-hydrogen) atoms. The van der Waals surface area contributed by atoms with Crippen molar-refractivity contribution in [3.05, 3.63) is 0 Å². The first-order valence-corrected chi connectivity index (χ1v) is 6.70. The van der Waals surface area contributed by atoms with Crippen LogP contribution in [0.25, 0.3) is 0 Å². The second kappa shape index (κ2) is 6.61. The summed E-state index contributed by atoms with van der Waals surface area (Å²) < 4.78 is 0. The second-order valence-corrected chi connectivity index (χ2v) is 5.40. The monoisotopic (exact) mass is 256 g/mol. The number of rotatable bonds is 5. The lowest BCUT2D eigenvalue weighted by Gasteiger charge is -2.29. The fourth-order valence-corrected chi connectivity index (χ4v) is 2.41. The lowest BCUT2D eigenvalue weighted by molar-refractivity contribution is -0.137. The van der Waals surface area contributed by atoms with Gasteiger partial charge in [0.2, 0.25) is 0 Å². The van der Waals surface area contributed by atoms with Crippen LogP contribution in [0.15, 0.2) is 0 Å². The maximum absolute atomic E-state index is 12.1. The Morgan fingerprint density at radius 3 is 2.50 bits per heavy atom. The zero-order valence-electron chi connectivity index (χ0n) is 11.5. The minimum absolute atomic E-state index is 0.00811. The van der Waals surface area contributed by atoms with Crippen molar-refractivity contribution in [1.29, 1.82) is 0 Å². The number of carbonyl (C=O) groups is 2. The quantitative estimate of drug-likeness (QED) is 0.791. The third-order valence-electron chi connectivity index (χ3n) is 3.62. The summed E-state index contributed by atoms with van der Waals surface area (Å²) in [6, 6.07) is 0.120. The molecule has 0 aliphatic heterocycles. The third kappa shape index (κ3) is 4.20. The van der Waals surface area contributed by atoms with Crippen molar-refractivity contribution in [3.8, 4) is 0 Å². The van der Waals surface area contributed by atoms with Crippen molar-refractivity contribution in [1.82, 2.24) is 10.2 Å². The van der Waals surface area contributed by atoms with E-state index in [1.807, 2.05) is 13.8 Å². The van der Waals surface area contributed by atoms with Crippen molar-refractivity contribution in [2.24, 2.45) is 5.92 Å². The SMILES string of the molecule is CC1CCCC1NC(=O)N(CCC(=O)O)C(C)C. The molecule has 0 bridgehead atoms. The van der Waals surface area contributed by atoms with Crippen LogP contribution in [0.2, 0.25) is 0 Å². The van der Waals surface area contributed by atoms with Crippen LogP contribution in [0.4, 0.5) is 4.79 Å². The second-order valence-electron chi connectivity index (χ2n) is 5.40. The van der Waals surface area contributed by atoms with Gasteiger partial charge in [-0.2, -0.15) is 0 Å². The predicted molar refractivity (Wildman–Crippen MR) is 69.4 cm³/mol. The first kappa shape index (κ1) is 14.8. The topological polar surface area (TPSA) is 69.6 Å². The van der Waals surface area contributed by atoms with E-state index >= 15 is 0 Å². The van der Waals surface area contributed by atoms with E-state index in [9.17, 15) is 9.59 Å². The molecule has 0 aromatic carbocycles. The van der Waals surface area contributed by atoms with Gasteiger partial charge in [-0.25, -0.2) is 4.79 Å². The van der Waals surface area contributed by atoms with E-state index in [0.717, 1.165) is 19.3 Å². The Morgan fingerprint density at radius 1 is 1.39 bits per heavy atom. The molecule has 5 nitrogen and oxygen atoms in total. The van der Waals surface area contributed by atoms with Gasteiger partial charge in [0.05, 0.1) is 6.42 Å². The molecule has 104 valence electrons. The van der Waals surface area contributed by atoms with E-state index in [2.05, 4.69) is 12.2 Å². The van der Waals surface area contributed by atoms with E-state index < -0.39 is 5.97 Å². The van der Waals surface area contributed by atoms with Crippen LogP contribution in [-0.4, -0.2) is 40.6 Å². The summed E-state index contributed by atoms with van der Waals surface area (Å²) in [5.74, 6) is -0.356. The Kier molecular flexibility index (Phi) is 5.44. The standard InChI is InChI=1S/C13H24N2O3/c1-9(2)15(8-7-12(16)17)13(18)14-11-6-4-5-10(11)3/h9-11H,4-8H2,1-3H3,(H,14,18)(H,16,17). The first-order valence-electron chi connectivity index (χ1n) is 6.70. The molecular weight excluding hydrogens is 232 g/mol. The molecule has 2 amide bonds. The highest BCUT2D eigenvalue weighted by Crippen LogP contribution is 2.25. The summed E-state index contributed by atoms with van der Waals surface area (Å²) in [7, 11) is 0. The van der Waals surface area contributed by atoms with Gasteiger partial charge in [-0.3, -0.25) is 4.79 Å². The number of nitrogens with zero attached hydrogens (tertiary/aromatic N) is 1. The summed E-state index contributed by atoms with van der Waals surface area (Å²) in [5.41, 5.74) is 0. The van der Waals surface area contributed by atoms with Gasteiger partial charge in [-0.1, -0.05) is 13.3 Å². The largest absolute Gasteiger partial charge is 0.481 e. The van der Waals surface area contributed by atoms with E-state index in [1.54, 1.807) is 4.90 Å². The van der Waals surface area contributed by atoms with Gasteiger partial charge in [0.25, 0.3) is 0 Å². The number of hydrogen-bond acceptors (Lipinski definition) is 2. The fourth-order valence-electron chi connectivity index (χ4n) is 2.41. The summed E-state index contributed by atoms with van der Waals surface area (Å²) in [5, 5.41) is 11.7. The van der Waals surface area contributed by atoms with Gasteiger partial charge >= 0.3 is 12.0 Å². The highest BCUT2D eigenvalue weighted by atomic mass is 16.4. The molecule has 1 aliphatic rings. The molecule has 2 N–H and O–H groups in total. The molecular formula is C13H24N2O3. The van der Waals surface area contributed by atoms with Crippen LogP contribution in [-0.2, 0) is 4.79 Å². The molecule has 1 rings (SSSR count). The highest BCUT2D eigenvalue weighted by molar-refractivity contribution is 5.76. The smallest absolute Gasteiger partial charge is 0.317 e. The van der Waals surface area contributed by atoms with Crippen LogP contribution >= 0.6 is 0 Å². The predicted octanol–water partition coefficient (Wildman–Crippen LogP) is 2.07. The van der Waals surface area contributed by atoms with Crippen LogP contribution in [0.3, 0.4) is 0 Å². The van der Waals surface area contributed by atoms with E-state index in [-0.39, 0.29) is 31.1 Å². The van der Waals surface area contributed by atoms with Crippen molar-refractivity contribution >= 4 is 12.0 Å². The van der Waals surface area contributed by atoms with Gasteiger partial charge < -0.3 is 15.3 Å². The van der Waals surface area contributed by atoms with Gasteiger partial charge in [0, 0.05) is 18.6 Å². The Labute approximate surface area is 109 Å². The molecule has 1 fully saturated rings. The van der Waals surface area contributed by atoms with Crippen LogP contribution in [0, 0.1) is 5.92 Å². The normalized spacial score (nSPS) is 23.1. The number of nitrogens with one attached hydrogen (secondary N) is 1. The summed E-state index contributed by atoms with van der Waals surface area (Å²) in [6.07, 6.45) is 3.33. The van der Waals surface area contributed by atoms with Gasteiger partial charge in [-0.05, 0) is 32.6 Å². The number of carbonyl (C=O) groups excluding carboxylic acids is 1. The molecule has 0 aromatic heterocycles. The van der Waals surface area contributed by atoms with Gasteiger partial charge in [0.15, 0.2) is 0 Å². The third-order valence-corrected chi connectivity index (χ3v) is 3.62. The minimum Gasteiger partial charge on any atom is -0.481 e. The molecule has 0 spiro atoms. The van der Waals surface area contributed by atoms with E-state index in [0.29, 0.717) is 5.92 Å². The Bertz CT molecular complexity index is 305. The fraction of sp³-hybridized carbons (Fsp3) is 0.846. The Morgan fingerprint density at radius 2 is 2.06 bits per heavy atom. The molecule has 0 saturated heterocycles. The summed E-state index contributed by atoms with van der Waals surface area (Å²) in [6.45, 7) is 6.22. The van der Waals surface area contributed by atoms with Gasteiger partial charge in [0.1, 0.15) is 0 Å². The number of urea groups is 1. The number of carboxylic acid groups (broad SMARTS) is 1. The number of hydrogen-bond donors (Lipinski definition) is 2. The zero-order chi connectivity index (χ0) is 13.7. The number of amides is 2. The maximum Gasteiger partial charge on any atom is 0.317 e. The molecule has 5 heteroatoms. The van der Waals surface area contributed by atoms with Crippen LogP contribution < -0.4 is 5.32 Å². The van der Waals surface area contributed by atoms with Crippen molar-refractivity contribution < 1.29 is 14.7 Å². The van der Waals surface area contributed by atoms with Gasteiger partial charge in [-0.15, -0.1) is 0 Å². The molecule has 2 atom stereocenters. The van der Waals surface area contributed by atoms with Crippen LogP contribution in [0.1, 0.15) is 46.5 Å². The van der Waals surface area contributed by atoms with Crippen molar-refractivity contribution in [2.75, 3.05) is 6.54 Å². The Balaban J connectivity index is 2.51. The lowest BCUT2D eigenvalue weighted by Crippen LogP contribution is -2.49. The first-order chi connectivity index (χ1) is 8.41. The van der Waals surface area contributed by atoms with E-state index in [4.69, 9.17) is 5.11 Å². The average Bonchev–Trinajstić information content (AvgIpc) is 2.63. The molecule has 0 aromatic rings. The zero-order valence-corrected chi connectivity index (χ0v) is 11.5. The average molecular weight is 256 g/mol. The van der Waals surface area contributed by atoms with E-state index in [1.165, 1.54) is 0 Å². The molecule has 1 aliphatic carbocycles. The molecule has 0 heterocycles. The van der Waals surface area contributed by atoms with Crippen LogP contribution in [0.5, 0.6) is 0 Å². The number of carboxylic acids is 1. The maximum atomic E-state index is 12.1. The lowest BCUT2D eigenvalue weighted by atomic mass is 10.1. The van der Waals surface area contributed by atoms with Crippen molar-refractivity contribution in [2.45, 2.75) is 58.5 Å². The molecule has 0 radical (unpaired) electrons. The highest BCUT2D eigenvalue weighted by Gasteiger charge is 2.27. The molecule has 2 unspecified atom stereocenters. The minimum atomic E-state index is -0.873. The number of aliphatic carboxylic acids is 1. The molecule has 1 saturated carbocycles.